The lowest BCUT2D eigenvalue weighted by atomic mass is 10.1. The van der Waals surface area contributed by atoms with Gasteiger partial charge in [0.15, 0.2) is 4.77 Å². The SMILES string of the molecule is CCCc1n[nH]c(=S)n1C(C)c1ccc(C)cc1. The Hall–Kier alpha value is -1.42. The summed E-state index contributed by atoms with van der Waals surface area (Å²) >= 11 is 5.33. The third-order valence-electron chi connectivity index (χ3n) is 3.20. The molecular weight excluding hydrogens is 242 g/mol. The second kappa shape index (κ2) is 5.48. The fraction of sp³-hybridized carbons (Fsp3) is 0.429. The van der Waals surface area contributed by atoms with Crippen molar-refractivity contribution in [2.24, 2.45) is 0 Å². The summed E-state index contributed by atoms with van der Waals surface area (Å²) in [6.45, 7) is 6.41. The summed E-state index contributed by atoms with van der Waals surface area (Å²) in [7, 11) is 0. The molecule has 0 radical (unpaired) electrons. The van der Waals surface area contributed by atoms with Gasteiger partial charge in [0.1, 0.15) is 5.82 Å². The van der Waals surface area contributed by atoms with Crippen molar-refractivity contribution in [2.75, 3.05) is 0 Å². The van der Waals surface area contributed by atoms with Crippen LogP contribution < -0.4 is 0 Å². The molecule has 1 N–H and O–H groups in total. The summed E-state index contributed by atoms with van der Waals surface area (Å²) in [4.78, 5) is 0. The molecule has 0 amide bonds. The number of hydrogen-bond acceptors (Lipinski definition) is 2. The molecule has 0 aliphatic rings. The predicted octanol–water partition coefficient (Wildman–Crippen LogP) is 3.81. The van der Waals surface area contributed by atoms with Gasteiger partial charge in [-0.15, -0.1) is 0 Å². The molecule has 1 atom stereocenters. The zero-order chi connectivity index (χ0) is 13.1. The number of aromatic amines is 1. The maximum Gasteiger partial charge on any atom is 0.195 e. The number of nitrogens with one attached hydrogen (secondary N) is 1. The van der Waals surface area contributed by atoms with Crippen LogP contribution in [0.4, 0.5) is 0 Å². The van der Waals surface area contributed by atoms with Gasteiger partial charge >= 0.3 is 0 Å². The minimum absolute atomic E-state index is 0.221. The summed E-state index contributed by atoms with van der Waals surface area (Å²) in [5.41, 5.74) is 2.53. The molecule has 1 heterocycles. The number of H-pyrrole nitrogens is 1. The molecule has 0 aliphatic carbocycles. The van der Waals surface area contributed by atoms with Crippen LogP contribution in [0.2, 0.25) is 0 Å². The molecule has 1 unspecified atom stereocenters. The molecule has 0 spiro atoms. The lowest BCUT2D eigenvalue weighted by Gasteiger charge is -2.16. The number of benzene rings is 1. The third kappa shape index (κ3) is 2.53. The van der Waals surface area contributed by atoms with Crippen molar-refractivity contribution in [2.45, 2.75) is 39.7 Å². The lowest BCUT2D eigenvalue weighted by Crippen LogP contribution is -2.11. The highest BCUT2D eigenvalue weighted by Gasteiger charge is 2.13. The number of rotatable bonds is 4. The molecule has 0 saturated heterocycles. The molecule has 18 heavy (non-hydrogen) atoms. The predicted molar refractivity (Wildman–Crippen MR) is 76.4 cm³/mol. The number of nitrogens with zero attached hydrogens (tertiary/aromatic N) is 2. The first-order valence-corrected chi connectivity index (χ1v) is 6.76. The smallest absolute Gasteiger partial charge is 0.195 e. The van der Waals surface area contributed by atoms with E-state index < -0.39 is 0 Å². The molecule has 1 aromatic heterocycles. The Balaban J connectivity index is 2.38. The van der Waals surface area contributed by atoms with Gasteiger partial charge in [-0.3, -0.25) is 9.67 Å². The van der Waals surface area contributed by atoms with Crippen LogP contribution >= 0.6 is 12.2 Å². The Kier molecular flexibility index (Phi) is 3.97. The van der Waals surface area contributed by atoms with Gasteiger partial charge in [-0.2, -0.15) is 5.10 Å². The van der Waals surface area contributed by atoms with Gasteiger partial charge in [-0.05, 0) is 38.0 Å². The molecule has 2 rings (SSSR count). The van der Waals surface area contributed by atoms with E-state index in [0.717, 1.165) is 18.7 Å². The molecule has 0 fully saturated rings. The number of hydrogen-bond donors (Lipinski definition) is 1. The minimum atomic E-state index is 0.221. The minimum Gasteiger partial charge on any atom is -0.297 e. The van der Waals surface area contributed by atoms with E-state index in [1.807, 2.05) is 0 Å². The number of aromatic nitrogens is 3. The third-order valence-corrected chi connectivity index (χ3v) is 3.49. The van der Waals surface area contributed by atoms with Crippen molar-refractivity contribution < 1.29 is 0 Å². The Morgan fingerprint density at radius 2 is 2.00 bits per heavy atom. The summed E-state index contributed by atoms with van der Waals surface area (Å²) in [5, 5.41) is 7.22. The average Bonchev–Trinajstić information content (AvgIpc) is 2.71. The molecule has 1 aromatic carbocycles. The van der Waals surface area contributed by atoms with Crippen LogP contribution in [0.3, 0.4) is 0 Å². The maximum absolute atomic E-state index is 5.33. The fourth-order valence-corrected chi connectivity index (χ4v) is 2.44. The van der Waals surface area contributed by atoms with Crippen molar-refractivity contribution in [3.8, 4) is 0 Å². The van der Waals surface area contributed by atoms with Crippen molar-refractivity contribution in [1.82, 2.24) is 14.8 Å². The van der Waals surface area contributed by atoms with E-state index in [-0.39, 0.29) is 6.04 Å². The first-order valence-electron chi connectivity index (χ1n) is 6.35. The standard InChI is InChI=1S/C14H19N3S/c1-4-5-13-15-16-14(18)17(13)11(3)12-8-6-10(2)7-9-12/h6-9,11H,4-5H2,1-3H3,(H,16,18). The topological polar surface area (TPSA) is 33.6 Å². The normalized spacial score (nSPS) is 12.6. The molecule has 2 aromatic rings. The highest BCUT2D eigenvalue weighted by atomic mass is 32.1. The average molecular weight is 261 g/mol. The van der Waals surface area contributed by atoms with E-state index in [1.54, 1.807) is 0 Å². The Bertz CT molecular complexity index is 565. The van der Waals surface area contributed by atoms with E-state index in [9.17, 15) is 0 Å². The van der Waals surface area contributed by atoms with Gasteiger partial charge in [0, 0.05) is 6.42 Å². The molecule has 4 heteroatoms. The summed E-state index contributed by atoms with van der Waals surface area (Å²) in [6, 6.07) is 8.80. The molecular formula is C14H19N3S. The van der Waals surface area contributed by atoms with Gasteiger partial charge in [0.25, 0.3) is 0 Å². The van der Waals surface area contributed by atoms with Crippen molar-refractivity contribution in [3.63, 3.8) is 0 Å². The molecule has 96 valence electrons. The van der Waals surface area contributed by atoms with Gasteiger partial charge in [0.05, 0.1) is 6.04 Å². The van der Waals surface area contributed by atoms with E-state index in [1.165, 1.54) is 11.1 Å². The van der Waals surface area contributed by atoms with Crippen molar-refractivity contribution in [3.05, 3.63) is 46.0 Å². The van der Waals surface area contributed by atoms with E-state index in [2.05, 4.69) is 59.8 Å². The van der Waals surface area contributed by atoms with Crippen LogP contribution in [0.1, 0.15) is 43.3 Å². The second-order valence-electron chi connectivity index (χ2n) is 4.65. The summed E-state index contributed by atoms with van der Waals surface area (Å²) < 4.78 is 2.82. The van der Waals surface area contributed by atoms with Crippen LogP contribution in [0.15, 0.2) is 24.3 Å². The summed E-state index contributed by atoms with van der Waals surface area (Å²) in [5.74, 6) is 1.04. The Morgan fingerprint density at radius 1 is 1.33 bits per heavy atom. The zero-order valence-corrected chi connectivity index (χ0v) is 11.9. The van der Waals surface area contributed by atoms with Gasteiger partial charge < -0.3 is 0 Å². The van der Waals surface area contributed by atoms with Crippen molar-refractivity contribution >= 4 is 12.2 Å². The molecule has 3 nitrogen and oxygen atoms in total. The molecule has 0 bridgehead atoms. The van der Waals surface area contributed by atoms with E-state index in [0.29, 0.717) is 4.77 Å². The van der Waals surface area contributed by atoms with E-state index in [4.69, 9.17) is 12.2 Å². The monoisotopic (exact) mass is 261 g/mol. The van der Waals surface area contributed by atoms with Crippen molar-refractivity contribution in [1.29, 1.82) is 0 Å². The van der Waals surface area contributed by atoms with Crippen LogP contribution in [-0.2, 0) is 6.42 Å². The van der Waals surface area contributed by atoms with Crippen LogP contribution in [0.5, 0.6) is 0 Å². The van der Waals surface area contributed by atoms with Crippen LogP contribution in [-0.4, -0.2) is 14.8 Å². The van der Waals surface area contributed by atoms with E-state index >= 15 is 0 Å². The molecule has 0 saturated carbocycles. The van der Waals surface area contributed by atoms with Gasteiger partial charge in [0.2, 0.25) is 0 Å². The fourth-order valence-electron chi connectivity index (χ4n) is 2.13. The van der Waals surface area contributed by atoms with Gasteiger partial charge in [-0.25, -0.2) is 0 Å². The Morgan fingerprint density at radius 3 is 2.61 bits per heavy atom. The maximum atomic E-state index is 5.33. The van der Waals surface area contributed by atoms with Crippen LogP contribution in [0.25, 0.3) is 0 Å². The Labute approximate surface area is 113 Å². The number of aryl methyl sites for hydroxylation is 2. The highest BCUT2D eigenvalue weighted by molar-refractivity contribution is 7.71. The quantitative estimate of drug-likeness (QED) is 0.849. The van der Waals surface area contributed by atoms with Crippen LogP contribution in [0, 0.1) is 11.7 Å². The first-order chi connectivity index (χ1) is 8.63. The first kappa shape index (κ1) is 13.0. The summed E-state index contributed by atoms with van der Waals surface area (Å²) in [6.07, 6.45) is 2.02. The largest absolute Gasteiger partial charge is 0.297 e. The zero-order valence-electron chi connectivity index (χ0n) is 11.1. The molecule has 0 aliphatic heterocycles. The lowest BCUT2D eigenvalue weighted by molar-refractivity contribution is 0.589. The second-order valence-corrected chi connectivity index (χ2v) is 5.04. The highest BCUT2D eigenvalue weighted by Crippen LogP contribution is 2.20. The van der Waals surface area contributed by atoms with Gasteiger partial charge in [-0.1, -0.05) is 36.8 Å².